The van der Waals surface area contributed by atoms with Crippen LogP contribution >= 0.6 is 0 Å². The average molecular weight is 761 g/mol. The molecule has 1 aromatic carbocycles. The molecule has 1 aromatic rings. The average Bonchev–Trinajstić information content (AvgIpc) is 3.62. The molecule has 14 heteroatoms. The molecule has 0 radical (unpaired) electrons. The lowest BCUT2D eigenvalue weighted by molar-refractivity contribution is -0.148. The molecular formula is C40H68N6O8. The minimum absolute atomic E-state index is 0.0127. The number of nitrogens with zero attached hydrogens (tertiary/aromatic N) is 3. The highest BCUT2D eigenvalue weighted by molar-refractivity contribution is 5.90. The maximum atomic E-state index is 14.2. The Morgan fingerprint density at radius 1 is 0.889 bits per heavy atom. The van der Waals surface area contributed by atoms with Gasteiger partial charge < -0.3 is 29.9 Å². The van der Waals surface area contributed by atoms with E-state index in [0.29, 0.717) is 19.4 Å². The summed E-state index contributed by atoms with van der Waals surface area (Å²) in [5, 5.41) is 15.2. The summed E-state index contributed by atoms with van der Waals surface area (Å²) in [6, 6.07) is 6.03. The fourth-order valence-electron chi connectivity index (χ4n) is 7.85. The zero-order valence-corrected chi connectivity index (χ0v) is 34.6. The summed E-state index contributed by atoms with van der Waals surface area (Å²) >= 11 is 0. The number of methoxy groups -OCH3 is 2. The fraction of sp³-hybridized carbons (Fsp3) is 0.725. The maximum Gasteiger partial charge on any atom is 0.266 e. The van der Waals surface area contributed by atoms with E-state index in [9.17, 15) is 29.2 Å². The second-order valence-corrected chi connectivity index (χ2v) is 15.7. The second-order valence-electron chi connectivity index (χ2n) is 15.7. The molecule has 9 atom stereocenters. The zero-order chi connectivity index (χ0) is 40.9. The summed E-state index contributed by atoms with van der Waals surface area (Å²) < 4.78 is 11.9. The number of rotatable bonds is 21. The molecule has 0 bridgehead atoms. The van der Waals surface area contributed by atoms with Crippen molar-refractivity contribution in [2.45, 2.75) is 123 Å². The molecule has 306 valence electrons. The normalized spacial score (nSPS) is 19.0. The molecule has 0 aliphatic carbocycles. The van der Waals surface area contributed by atoms with Crippen LogP contribution in [0.5, 0.6) is 0 Å². The highest BCUT2D eigenvalue weighted by Gasteiger charge is 2.43. The van der Waals surface area contributed by atoms with Gasteiger partial charge >= 0.3 is 0 Å². The van der Waals surface area contributed by atoms with Crippen molar-refractivity contribution in [3.63, 3.8) is 0 Å². The van der Waals surface area contributed by atoms with E-state index in [1.54, 1.807) is 29.3 Å². The van der Waals surface area contributed by atoms with Crippen LogP contribution in [0.1, 0.15) is 79.7 Å². The molecule has 9 unspecified atom stereocenters. The van der Waals surface area contributed by atoms with Crippen LogP contribution < -0.4 is 16.1 Å². The number of hydroxylamine groups is 1. The van der Waals surface area contributed by atoms with Crippen molar-refractivity contribution >= 4 is 29.5 Å². The molecule has 1 saturated heterocycles. The largest absolute Gasteiger partial charge is 0.379 e. The summed E-state index contributed by atoms with van der Waals surface area (Å²) in [6.45, 7) is 14.0. The van der Waals surface area contributed by atoms with Crippen LogP contribution in [0.4, 0.5) is 0 Å². The Bertz CT molecular complexity index is 1350. The van der Waals surface area contributed by atoms with Crippen LogP contribution in [-0.4, -0.2) is 134 Å². The van der Waals surface area contributed by atoms with E-state index in [1.807, 2.05) is 90.9 Å². The summed E-state index contributed by atoms with van der Waals surface area (Å²) in [5.74, 6) is -2.80. The number of likely N-dealkylation sites (N-methyl/N-ethyl adjacent to an activating group) is 2. The number of likely N-dealkylation sites (tertiary alicyclic amines) is 1. The first-order chi connectivity index (χ1) is 25.4. The molecule has 5 amide bonds. The monoisotopic (exact) mass is 761 g/mol. The zero-order valence-electron chi connectivity index (χ0n) is 34.6. The second kappa shape index (κ2) is 22.1. The number of ether oxygens (including phenoxy) is 2. The molecular weight excluding hydrogens is 692 g/mol. The first kappa shape index (κ1) is 46.6. The number of hydrogen-bond acceptors (Lipinski definition) is 9. The SMILES string of the molecule is CCC(C)C(C(CC(=O)N1CCCC1C(OC)C(C)C(=O)NC(Cc1ccccc1)C(=O)NO)OC)N(C)C(=O)C(NC(=O)C(C(C)C)N(C)C)C(C)C. The molecule has 4 N–H and O–H groups in total. The summed E-state index contributed by atoms with van der Waals surface area (Å²) in [6.07, 6.45) is 0.846. The quantitative estimate of drug-likeness (QED) is 0.109. The Labute approximate surface area is 323 Å². The lowest BCUT2D eigenvalue weighted by Gasteiger charge is -2.41. The van der Waals surface area contributed by atoms with Crippen molar-refractivity contribution in [1.29, 1.82) is 0 Å². The van der Waals surface area contributed by atoms with Crippen molar-refractivity contribution in [2.24, 2.45) is 23.7 Å². The minimum Gasteiger partial charge on any atom is -0.379 e. The highest BCUT2D eigenvalue weighted by Crippen LogP contribution is 2.30. The van der Waals surface area contributed by atoms with E-state index < -0.39 is 60.1 Å². The smallest absolute Gasteiger partial charge is 0.266 e. The van der Waals surface area contributed by atoms with Gasteiger partial charge in [0.05, 0.1) is 42.7 Å². The third-order valence-corrected chi connectivity index (χ3v) is 11.0. The number of nitrogens with one attached hydrogen (secondary N) is 3. The first-order valence-corrected chi connectivity index (χ1v) is 19.3. The van der Waals surface area contributed by atoms with E-state index >= 15 is 0 Å². The highest BCUT2D eigenvalue weighted by atomic mass is 16.5. The van der Waals surface area contributed by atoms with Crippen LogP contribution in [0.3, 0.4) is 0 Å². The maximum absolute atomic E-state index is 14.2. The molecule has 0 aromatic heterocycles. The van der Waals surface area contributed by atoms with Crippen molar-refractivity contribution in [3.05, 3.63) is 35.9 Å². The Balaban J connectivity index is 2.29. The lowest BCUT2D eigenvalue weighted by Crippen LogP contribution is -2.59. The van der Waals surface area contributed by atoms with E-state index in [0.717, 1.165) is 12.0 Å². The predicted molar refractivity (Wildman–Crippen MR) is 207 cm³/mol. The van der Waals surface area contributed by atoms with Crippen LogP contribution in [0.2, 0.25) is 0 Å². The van der Waals surface area contributed by atoms with Crippen LogP contribution in [-0.2, 0) is 39.9 Å². The molecule has 1 aliphatic heterocycles. The third-order valence-electron chi connectivity index (χ3n) is 11.0. The van der Waals surface area contributed by atoms with Crippen molar-refractivity contribution in [3.8, 4) is 0 Å². The Morgan fingerprint density at radius 3 is 2.02 bits per heavy atom. The number of hydrogen-bond donors (Lipinski definition) is 4. The van der Waals surface area contributed by atoms with E-state index in [2.05, 4.69) is 10.6 Å². The van der Waals surface area contributed by atoms with Gasteiger partial charge in [-0.05, 0) is 50.3 Å². The van der Waals surface area contributed by atoms with Gasteiger partial charge in [-0.15, -0.1) is 0 Å². The Kier molecular flexibility index (Phi) is 19.0. The van der Waals surface area contributed by atoms with Gasteiger partial charge in [-0.1, -0.05) is 85.2 Å². The molecule has 0 saturated carbocycles. The van der Waals surface area contributed by atoms with Crippen molar-refractivity contribution < 1.29 is 38.7 Å². The molecule has 1 heterocycles. The molecule has 0 spiro atoms. The predicted octanol–water partition coefficient (Wildman–Crippen LogP) is 2.87. The van der Waals surface area contributed by atoms with E-state index in [4.69, 9.17) is 9.47 Å². The molecule has 2 rings (SSSR count). The lowest BCUT2D eigenvalue weighted by atomic mass is 9.89. The van der Waals surface area contributed by atoms with E-state index in [-0.39, 0.29) is 48.3 Å². The van der Waals surface area contributed by atoms with Crippen molar-refractivity contribution in [2.75, 3.05) is 41.9 Å². The Morgan fingerprint density at radius 2 is 1.52 bits per heavy atom. The van der Waals surface area contributed by atoms with Crippen LogP contribution in [0.25, 0.3) is 0 Å². The molecule has 54 heavy (non-hydrogen) atoms. The van der Waals surface area contributed by atoms with Gasteiger partial charge in [0.1, 0.15) is 12.1 Å². The Hall–Kier alpha value is -3.59. The summed E-state index contributed by atoms with van der Waals surface area (Å²) in [4.78, 5) is 73.2. The molecule has 1 aliphatic rings. The van der Waals surface area contributed by atoms with E-state index in [1.165, 1.54) is 14.2 Å². The fourth-order valence-corrected chi connectivity index (χ4v) is 7.85. The van der Waals surface area contributed by atoms with Gasteiger partial charge in [-0.3, -0.25) is 34.1 Å². The standard InChI is InChI=1S/C40H68N6O8/c1-13-26(6)35(45(10)40(51)33(24(2)3)42-39(50)34(25(4)5)44(8)9)31(53-11)23-32(47)46-21-17-20-30(46)36(54-12)27(7)37(48)41-29(38(49)43-52)22-28-18-15-14-16-19-28/h14-16,18-19,24-27,29-31,33-36,52H,13,17,20-23H2,1-12H3,(H,41,48)(H,42,50)(H,43,49). The third kappa shape index (κ3) is 12.2. The van der Waals surface area contributed by atoms with Gasteiger partial charge in [0.2, 0.25) is 23.6 Å². The van der Waals surface area contributed by atoms with Gasteiger partial charge in [0.25, 0.3) is 5.91 Å². The topological polar surface area (TPSA) is 170 Å². The van der Waals surface area contributed by atoms with Crippen molar-refractivity contribution in [1.82, 2.24) is 30.8 Å². The van der Waals surface area contributed by atoms with Crippen LogP contribution in [0, 0.1) is 23.7 Å². The summed E-state index contributed by atoms with van der Waals surface area (Å²) in [5.41, 5.74) is 2.45. The molecule has 1 fully saturated rings. The molecule has 14 nitrogen and oxygen atoms in total. The first-order valence-electron chi connectivity index (χ1n) is 19.3. The van der Waals surface area contributed by atoms with Gasteiger partial charge in [0.15, 0.2) is 0 Å². The number of carbonyl (C=O) groups excluding carboxylic acids is 5. The number of benzene rings is 1. The van der Waals surface area contributed by atoms with Crippen LogP contribution in [0.15, 0.2) is 30.3 Å². The van der Waals surface area contributed by atoms with Gasteiger partial charge in [0, 0.05) is 34.2 Å². The minimum atomic E-state index is -1.03. The summed E-state index contributed by atoms with van der Waals surface area (Å²) in [7, 11) is 8.45. The van der Waals surface area contributed by atoms with Gasteiger partial charge in [-0.25, -0.2) is 5.48 Å². The number of amides is 5. The van der Waals surface area contributed by atoms with Gasteiger partial charge in [-0.2, -0.15) is 0 Å². The number of carbonyl (C=O) groups is 5.